The van der Waals surface area contributed by atoms with Gasteiger partial charge in [-0.15, -0.1) is 0 Å². The molecular formula is C25H27N7NiO6+. The molecule has 0 amide bonds. The monoisotopic (exact) mass is 579 g/mol. The second kappa shape index (κ2) is 18.6. The first-order valence-corrected chi connectivity index (χ1v) is 10.8. The molecule has 39 heavy (non-hydrogen) atoms. The molecule has 14 heteroatoms. The maximum Gasteiger partial charge on any atom is 3.00 e. The number of aromatic amines is 3. The molecule has 0 aliphatic carbocycles. The third-order valence-corrected chi connectivity index (χ3v) is 4.52. The summed E-state index contributed by atoms with van der Waals surface area (Å²) in [6.07, 6.45) is 5.10. The van der Waals surface area contributed by atoms with Gasteiger partial charge in [0.25, 0.3) is 0 Å². The number of hydrogen-bond donors (Lipinski definition) is 4. The SMILES string of the molecule is O.O.O=C([O-])CNCC(=O)[O-].[Ni+3].c1ccc2[nH]cnc2c1.c1ccc2[nH]cnc2c1.c1ccc2[nH]cnc2c1. The van der Waals surface area contributed by atoms with Crippen LogP contribution in [-0.4, -0.2) is 65.9 Å². The van der Waals surface area contributed by atoms with Crippen LogP contribution < -0.4 is 15.5 Å². The molecule has 1 radical (unpaired) electrons. The van der Waals surface area contributed by atoms with Crippen molar-refractivity contribution in [2.45, 2.75) is 0 Å². The van der Waals surface area contributed by atoms with Gasteiger partial charge in [-0.2, -0.15) is 0 Å². The van der Waals surface area contributed by atoms with Crippen molar-refractivity contribution >= 4 is 45.0 Å². The minimum absolute atomic E-state index is 0. The number of aliphatic carboxylic acids is 2. The third kappa shape index (κ3) is 12.0. The van der Waals surface area contributed by atoms with Gasteiger partial charge < -0.3 is 51.0 Å². The fourth-order valence-electron chi connectivity index (χ4n) is 2.91. The summed E-state index contributed by atoms with van der Waals surface area (Å²) < 4.78 is 0. The van der Waals surface area contributed by atoms with Crippen LogP contribution in [0.2, 0.25) is 0 Å². The first-order valence-electron chi connectivity index (χ1n) is 10.8. The molecule has 0 aliphatic heterocycles. The van der Waals surface area contributed by atoms with E-state index < -0.39 is 25.0 Å². The van der Waals surface area contributed by atoms with Crippen molar-refractivity contribution in [2.24, 2.45) is 0 Å². The normalized spacial score (nSPS) is 9.13. The number of carboxylic acid groups (broad SMARTS) is 2. The molecule has 3 heterocycles. The summed E-state index contributed by atoms with van der Waals surface area (Å²) in [7, 11) is 0. The number of carbonyl (C=O) groups is 2. The summed E-state index contributed by atoms with van der Waals surface area (Å²) in [4.78, 5) is 40.4. The number of rotatable bonds is 4. The van der Waals surface area contributed by atoms with Gasteiger partial charge in [-0.3, -0.25) is 0 Å². The summed E-state index contributed by atoms with van der Waals surface area (Å²) in [6, 6.07) is 23.8. The minimum atomic E-state index is -1.34. The molecule has 207 valence electrons. The van der Waals surface area contributed by atoms with E-state index in [0.717, 1.165) is 33.1 Å². The largest absolute Gasteiger partial charge is 3.00 e. The molecule has 13 nitrogen and oxygen atoms in total. The van der Waals surface area contributed by atoms with Gasteiger partial charge in [0.15, 0.2) is 0 Å². The molecule has 6 rings (SSSR count). The van der Waals surface area contributed by atoms with Crippen LogP contribution in [0.4, 0.5) is 0 Å². The van der Waals surface area contributed by atoms with E-state index in [1.165, 1.54) is 0 Å². The Morgan fingerprint density at radius 3 is 1.13 bits per heavy atom. The number of imidazole rings is 3. The number of benzene rings is 3. The Bertz CT molecular complexity index is 1260. The molecule has 6 aromatic rings. The van der Waals surface area contributed by atoms with E-state index >= 15 is 0 Å². The van der Waals surface area contributed by atoms with Crippen molar-refractivity contribution in [3.8, 4) is 0 Å². The van der Waals surface area contributed by atoms with Crippen LogP contribution in [0.1, 0.15) is 0 Å². The van der Waals surface area contributed by atoms with Crippen LogP contribution in [0, 0.1) is 0 Å². The Morgan fingerprint density at radius 2 is 0.872 bits per heavy atom. The first-order chi connectivity index (χ1) is 17.5. The summed E-state index contributed by atoms with van der Waals surface area (Å²) >= 11 is 0. The average Bonchev–Trinajstić information content (AvgIpc) is 3.65. The first kappa shape index (κ1) is 34.4. The maximum atomic E-state index is 9.59. The maximum absolute atomic E-state index is 9.59. The van der Waals surface area contributed by atoms with Gasteiger partial charge in [0.2, 0.25) is 0 Å². The van der Waals surface area contributed by atoms with E-state index in [1.807, 2.05) is 72.8 Å². The Hall–Kier alpha value is -4.62. The van der Waals surface area contributed by atoms with Gasteiger partial charge in [-0.05, 0) is 36.4 Å². The van der Waals surface area contributed by atoms with Crippen LogP contribution in [0.3, 0.4) is 0 Å². The van der Waals surface area contributed by atoms with Crippen LogP contribution in [0.25, 0.3) is 33.1 Å². The number of nitrogens with zero attached hydrogens (tertiary/aromatic N) is 3. The molecule has 0 atom stereocenters. The van der Waals surface area contributed by atoms with Crippen LogP contribution in [0.5, 0.6) is 0 Å². The number of aromatic nitrogens is 6. The minimum Gasteiger partial charge on any atom is -0.549 e. The van der Waals surface area contributed by atoms with Crippen molar-refractivity contribution in [1.29, 1.82) is 0 Å². The predicted molar refractivity (Wildman–Crippen MR) is 138 cm³/mol. The number of carbonyl (C=O) groups excluding carboxylic acids is 2. The zero-order valence-electron chi connectivity index (χ0n) is 20.4. The van der Waals surface area contributed by atoms with Gasteiger partial charge >= 0.3 is 16.5 Å². The number of nitrogens with one attached hydrogen (secondary N) is 4. The predicted octanol–water partition coefficient (Wildman–Crippen LogP) is -0.887. The van der Waals surface area contributed by atoms with Crippen LogP contribution in [-0.2, 0) is 26.1 Å². The van der Waals surface area contributed by atoms with E-state index in [0.29, 0.717) is 0 Å². The van der Waals surface area contributed by atoms with Crippen molar-refractivity contribution in [3.63, 3.8) is 0 Å². The molecule has 0 spiro atoms. The van der Waals surface area contributed by atoms with E-state index in [4.69, 9.17) is 0 Å². The number of H-pyrrole nitrogens is 3. The Labute approximate surface area is 232 Å². The fraction of sp³-hybridized carbons (Fsp3) is 0.0800. The van der Waals surface area contributed by atoms with Gasteiger partial charge in [0.1, 0.15) is 0 Å². The van der Waals surface area contributed by atoms with E-state index in [-0.39, 0.29) is 27.4 Å². The number of para-hydroxylation sites is 6. The van der Waals surface area contributed by atoms with Gasteiger partial charge in [-0.1, -0.05) is 36.4 Å². The van der Waals surface area contributed by atoms with E-state index in [1.54, 1.807) is 19.0 Å². The standard InChI is InChI=1S/3C7H6N2.C4H7NO4.Ni.2H2O/c3*1-2-4-7-6(3-1)8-5-9-7;6-3(7)1-5-2-4(8)9;;;/h3*1-5H,(H,8,9);5H,1-2H2,(H,6,7)(H,8,9);;2*1H2/q;;;;+3;;/p-2. The topological polar surface area (TPSA) is 241 Å². The summed E-state index contributed by atoms with van der Waals surface area (Å²) in [5.41, 5.74) is 6.36. The van der Waals surface area contributed by atoms with Crippen molar-refractivity contribution in [3.05, 3.63) is 91.8 Å². The van der Waals surface area contributed by atoms with Gasteiger partial charge in [0.05, 0.1) is 64.0 Å². The van der Waals surface area contributed by atoms with Crippen LogP contribution >= 0.6 is 0 Å². The zero-order chi connectivity index (χ0) is 25.6. The zero-order valence-corrected chi connectivity index (χ0v) is 21.4. The summed E-state index contributed by atoms with van der Waals surface area (Å²) in [5, 5.41) is 21.2. The summed E-state index contributed by atoms with van der Waals surface area (Å²) in [5.74, 6) is -2.67. The molecule has 0 saturated carbocycles. The smallest absolute Gasteiger partial charge is 0.549 e. The van der Waals surface area contributed by atoms with E-state index in [2.05, 4.69) is 35.2 Å². The molecule has 0 bridgehead atoms. The molecule has 0 fully saturated rings. The van der Waals surface area contributed by atoms with Crippen molar-refractivity contribution in [1.82, 2.24) is 35.2 Å². The number of carboxylic acids is 2. The molecule has 3 aromatic heterocycles. The fourth-order valence-corrected chi connectivity index (χ4v) is 2.91. The molecule has 0 unspecified atom stereocenters. The second-order valence-corrected chi connectivity index (χ2v) is 7.11. The van der Waals surface area contributed by atoms with Crippen LogP contribution in [0.15, 0.2) is 91.8 Å². The Morgan fingerprint density at radius 1 is 0.590 bits per heavy atom. The Balaban J connectivity index is 0.000000481. The molecule has 0 saturated heterocycles. The van der Waals surface area contributed by atoms with Gasteiger partial charge in [-0.25, -0.2) is 15.0 Å². The molecule has 0 aliphatic rings. The van der Waals surface area contributed by atoms with Crippen molar-refractivity contribution < 1.29 is 47.2 Å². The average molecular weight is 580 g/mol. The second-order valence-electron chi connectivity index (χ2n) is 7.11. The summed E-state index contributed by atoms with van der Waals surface area (Å²) in [6.45, 7) is -0.929. The third-order valence-electron chi connectivity index (χ3n) is 4.52. The molecular weight excluding hydrogens is 553 g/mol. The number of fused-ring (bicyclic) bond motifs is 3. The molecule has 8 N–H and O–H groups in total. The van der Waals surface area contributed by atoms with Gasteiger partial charge in [0, 0.05) is 13.1 Å². The number of hydrogen-bond acceptors (Lipinski definition) is 8. The van der Waals surface area contributed by atoms with E-state index in [9.17, 15) is 19.8 Å². The molecule has 3 aromatic carbocycles. The van der Waals surface area contributed by atoms with Crippen molar-refractivity contribution in [2.75, 3.05) is 13.1 Å². The Kier molecular flexibility index (Phi) is 16.4. The quantitative estimate of drug-likeness (QED) is 0.190.